The lowest BCUT2D eigenvalue weighted by atomic mass is 9.96. The van der Waals surface area contributed by atoms with Gasteiger partial charge >= 0.3 is 0 Å². The van der Waals surface area contributed by atoms with E-state index in [4.69, 9.17) is 0 Å². The number of hydrogen-bond acceptors (Lipinski definition) is 2. The molecule has 0 aliphatic carbocycles. The van der Waals surface area contributed by atoms with Gasteiger partial charge in [-0.3, -0.25) is 0 Å². The van der Waals surface area contributed by atoms with E-state index in [0.717, 1.165) is 25.8 Å². The smallest absolute Gasteiger partial charge is 0.168 e. The molecule has 0 saturated carbocycles. The van der Waals surface area contributed by atoms with Crippen molar-refractivity contribution in [2.75, 3.05) is 6.54 Å². The molecule has 82 valence electrons. The maximum Gasteiger partial charge on any atom is 0.168 e. The van der Waals surface area contributed by atoms with Crippen LogP contribution in [0.25, 0.3) is 0 Å². The van der Waals surface area contributed by atoms with Gasteiger partial charge in [0.05, 0.1) is 0 Å². The maximum absolute atomic E-state index is 13.5. The van der Waals surface area contributed by atoms with Gasteiger partial charge in [0.2, 0.25) is 0 Å². The Labute approximate surface area is 89.1 Å². The molecule has 15 heavy (non-hydrogen) atoms. The minimum atomic E-state index is -0.486. The van der Waals surface area contributed by atoms with Crippen molar-refractivity contribution in [1.82, 2.24) is 5.32 Å². The van der Waals surface area contributed by atoms with Gasteiger partial charge in [-0.05, 0) is 31.9 Å². The molecule has 1 heterocycles. The molecule has 2 N–H and O–H groups in total. The number of piperidine rings is 1. The van der Waals surface area contributed by atoms with E-state index in [9.17, 15) is 9.50 Å². The first-order valence-corrected chi connectivity index (χ1v) is 5.41. The summed E-state index contributed by atoms with van der Waals surface area (Å²) in [6.45, 7) is 2.60. The van der Waals surface area contributed by atoms with Gasteiger partial charge in [-0.2, -0.15) is 0 Å². The molecule has 1 saturated heterocycles. The Balaban J connectivity index is 2.31. The van der Waals surface area contributed by atoms with Gasteiger partial charge in [0.15, 0.2) is 11.6 Å². The summed E-state index contributed by atoms with van der Waals surface area (Å²) in [5.41, 5.74) is 1.19. The largest absolute Gasteiger partial charge is 0.505 e. The highest BCUT2D eigenvalue weighted by molar-refractivity contribution is 5.40. The van der Waals surface area contributed by atoms with Crippen LogP contribution in [0.3, 0.4) is 0 Å². The highest BCUT2D eigenvalue weighted by Crippen LogP contribution is 2.32. The highest BCUT2D eigenvalue weighted by Gasteiger charge is 2.20. The number of aryl methyl sites for hydroxylation is 1. The van der Waals surface area contributed by atoms with E-state index in [1.54, 1.807) is 13.0 Å². The van der Waals surface area contributed by atoms with Crippen molar-refractivity contribution >= 4 is 0 Å². The molecule has 0 unspecified atom stereocenters. The average Bonchev–Trinajstić information content (AvgIpc) is 2.27. The first kappa shape index (κ1) is 10.4. The third kappa shape index (κ3) is 1.97. The Kier molecular flexibility index (Phi) is 2.91. The third-order valence-corrected chi connectivity index (χ3v) is 3.03. The average molecular weight is 209 g/mol. The second-order valence-electron chi connectivity index (χ2n) is 4.14. The molecular weight excluding hydrogens is 193 g/mol. The van der Waals surface area contributed by atoms with Crippen LogP contribution < -0.4 is 5.32 Å². The number of aromatic hydroxyl groups is 1. The molecule has 1 aliphatic rings. The summed E-state index contributed by atoms with van der Waals surface area (Å²) < 4.78 is 13.5. The molecule has 1 aromatic carbocycles. The van der Waals surface area contributed by atoms with E-state index in [1.807, 2.05) is 6.07 Å². The summed E-state index contributed by atoms with van der Waals surface area (Å²) in [6, 6.07) is 3.64. The predicted molar refractivity (Wildman–Crippen MR) is 57.4 cm³/mol. The first-order valence-electron chi connectivity index (χ1n) is 5.41. The zero-order valence-electron chi connectivity index (χ0n) is 8.89. The van der Waals surface area contributed by atoms with Crippen molar-refractivity contribution in [1.29, 1.82) is 0 Å². The van der Waals surface area contributed by atoms with E-state index in [-0.39, 0.29) is 11.8 Å². The molecule has 2 nitrogen and oxygen atoms in total. The summed E-state index contributed by atoms with van der Waals surface area (Å²) in [5, 5.41) is 13.0. The summed E-state index contributed by atoms with van der Waals surface area (Å²) in [7, 11) is 0. The molecule has 1 aliphatic heterocycles. The minimum absolute atomic E-state index is 0.105. The Bertz CT molecular complexity index is 359. The Morgan fingerprint density at radius 3 is 2.87 bits per heavy atom. The van der Waals surface area contributed by atoms with Crippen LogP contribution in [0.4, 0.5) is 4.39 Å². The summed E-state index contributed by atoms with van der Waals surface area (Å²) in [4.78, 5) is 0. The van der Waals surface area contributed by atoms with E-state index in [0.29, 0.717) is 11.1 Å². The summed E-state index contributed by atoms with van der Waals surface area (Å²) >= 11 is 0. The van der Waals surface area contributed by atoms with Crippen molar-refractivity contribution in [3.63, 3.8) is 0 Å². The number of nitrogens with one attached hydrogen (secondary N) is 1. The van der Waals surface area contributed by atoms with Crippen LogP contribution in [0.1, 0.15) is 36.4 Å². The van der Waals surface area contributed by atoms with Gasteiger partial charge in [-0.15, -0.1) is 0 Å². The minimum Gasteiger partial charge on any atom is -0.505 e. The molecule has 0 radical (unpaired) electrons. The third-order valence-electron chi connectivity index (χ3n) is 3.03. The summed E-state index contributed by atoms with van der Waals surface area (Å²) in [6.07, 6.45) is 3.26. The van der Waals surface area contributed by atoms with Crippen LogP contribution >= 0.6 is 0 Å². The fraction of sp³-hybridized carbons (Fsp3) is 0.500. The van der Waals surface area contributed by atoms with Crippen LogP contribution in [0, 0.1) is 12.7 Å². The Morgan fingerprint density at radius 1 is 1.40 bits per heavy atom. The number of phenols is 1. The van der Waals surface area contributed by atoms with Crippen molar-refractivity contribution in [2.24, 2.45) is 0 Å². The van der Waals surface area contributed by atoms with Gasteiger partial charge in [0.1, 0.15) is 0 Å². The van der Waals surface area contributed by atoms with Gasteiger partial charge < -0.3 is 10.4 Å². The first-order chi connectivity index (χ1) is 7.20. The summed E-state index contributed by atoms with van der Waals surface area (Å²) in [5.74, 6) is -0.672. The molecule has 0 spiro atoms. The van der Waals surface area contributed by atoms with Crippen molar-refractivity contribution in [3.05, 3.63) is 29.1 Å². The number of halogens is 1. The monoisotopic (exact) mass is 209 g/mol. The van der Waals surface area contributed by atoms with Crippen LogP contribution in [-0.4, -0.2) is 11.7 Å². The van der Waals surface area contributed by atoms with Crippen molar-refractivity contribution < 1.29 is 9.50 Å². The van der Waals surface area contributed by atoms with Gasteiger partial charge in [-0.1, -0.05) is 18.6 Å². The van der Waals surface area contributed by atoms with Crippen LogP contribution in [0.2, 0.25) is 0 Å². The number of hydrogen-bond donors (Lipinski definition) is 2. The van der Waals surface area contributed by atoms with Gasteiger partial charge in [0.25, 0.3) is 0 Å². The van der Waals surface area contributed by atoms with Gasteiger partial charge in [-0.25, -0.2) is 4.39 Å². The fourth-order valence-electron chi connectivity index (χ4n) is 2.08. The van der Waals surface area contributed by atoms with E-state index in [1.165, 1.54) is 0 Å². The van der Waals surface area contributed by atoms with E-state index in [2.05, 4.69) is 5.32 Å². The molecule has 0 aromatic heterocycles. The fourth-order valence-corrected chi connectivity index (χ4v) is 2.08. The second kappa shape index (κ2) is 4.19. The van der Waals surface area contributed by atoms with Crippen molar-refractivity contribution in [3.8, 4) is 5.75 Å². The molecule has 1 aromatic rings. The lowest BCUT2D eigenvalue weighted by Crippen LogP contribution is -2.26. The number of phenolic OH excluding ortho intramolecular Hbond substituents is 1. The molecule has 3 heteroatoms. The quantitative estimate of drug-likeness (QED) is 0.745. The molecule has 0 amide bonds. The van der Waals surface area contributed by atoms with Crippen molar-refractivity contribution in [2.45, 2.75) is 32.2 Å². The number of rotatable bonds is 1. The Morgan fingerprint density at radius 2 is 2.20 bits per heavy atom. The predicted octanol–water partition coefficient (Wildman–Crippen LogP) is 2.65. The molecule has 1 fully saturated rings. The van der Waals surface area contributed by atoms with E-state index < -0.39 is 5.82 Å². The molecule has 0 bridgehead atoms. The van der Waals surface area contributed by atoms with Crippen LogP contribution in [-0.2, 0) is 0 Å². The lowest BCUT2D eigenvalue weighted by molar-refractivity contribution is 0.376. The van der Waals surface area contributed by atoms with Gasteiger partial charge in [0, 0.05) is 11.6 Å². The van der Waals surface area contributed by atoms with Crippen LogP contribution in [0.15, 0.2) is 12.1 Å². The molecular formula is C12H16FNO. The molecule has 2 rings (SSSR count). The van der Waals surface area contributed by atoms with E-state index >= 15 is 0 Å². The number of benzene rings is 1. The maximum atomic E-state index is 13.5. The van der Waals surface area contributed by atoms with Crippen LogP contribution in [0.5, 0.6) is 5.75 Å². The topological polar surface area (TPSA) is 32.3 Å². The zero-order valence-corrected chi connectivity index (χ0v) is 8.89. The Hall–Kier alpha value is -1.09. The molecule has 1 atom stereocenters. The zero-order chi connectivity index (χ0) is 10.8. The second-order valence-corrected chi connectivity index (χ2v) is 4.14. The highest BCUT2D eigenvalue weighted by atomic mass is 19.1. The SMILES string of the molecule is Cc1ccc([C@H]2CCCCN2)c(O)c1F. The lowest BCUT2D eigenvalue weighted by Gasteiger charge is -2.24. The standard InChI is InChI=1S/C12H16FNO/c1-8-5-6-9(12(15)11(8)13)10-4-2-3-7-14-10/h5-6,10,14-15H,2-4,7H2,1H3/t10-/m1/s1. The normalized spacial score (nSPS) is 21.6.